The third kappa shape index (κ3) is 17.6. The number of aryl methyl sites for hydroxylation is 2. The van der Waals surface area contributed by atoms with Crippen LogP contribution in [0.15, 0.2) is 82.6 Å². The van der Waals surface area contributed by atoms with E-state index in [-0.39, 0.29) is 65.7 Å². The summed E-state index contributed by atoms with van der Waals surface area (Å²) in [5.74, 6) is -1.96. The molecule has 2 aromatic carbocycles. The molecule has 0 saturated heterocycles. The number of hydrogen-bond donors (Lipinski definition) is 4. The average Bonchev–Trinajstić information content (AvgIpc) is 3.21. The molecule has 0 bridgehead atoms. The summed E-state index contributed by atoms with van der Waals surface area (Å²) >= 11 is 0. The van der Waals surface area contributed by atoms with Gasteiger partial charge in [0.1, 0.15) is 12.2 Å². The lowest BCUT2D eigenvalue weighted by Gasteiger charge is -2.43. The van der Waals surface area contributed by atoms with Crippen molar-refractivity contribution in [1.29, 1.82) is 0 Å². The van der Waals surface area contributed by atoms with Gasteiger partial charge in [0.15, 0.2) is 0 Å². The highest BCUT2D eigenvalue weighted by Crippen LogP contribution is 2.45. The molecule has 70 heavy (non-hydrogen) atoms. The lowest BCUT2D eigenvalue weighted by atomic mass is 9.82. The van der Waals surface area contributed by atoms with E-state index in [1.54, 1.807) is 48.6 Å². The zero-order valence-corrected chi connectivity index (χ0v) is 50.5. The van der Waals surface area contributed by atoms with Crippen LogP contribution < -0.4 is 9.44 Å². The van der Waals surface area contributed by atoms with Crippen LogP contribution in [-0.4, -0.2) is 79.9 Å². The first-order chi connectivity index (χ1) is 31.7. The minimum atomic E-state index is -4.06. The van der Waals surface area contributed by atoms with Gasteiger partial charge in [0.25, 0.3) is 31.9 Å². The summed E-state index contributed by atoms with van der Waals surface area (Å²) in [4.78, 5) is 26.9. The van der Waals surface area contributed by atoms with Crippen molar-refractivity contribution in [2.75, 3.05) is 0 Å². The maximum Gasteiger partial charge on any atom is 0.265 e. The molecule has 0 aliphatic carbocycles. The number of nitrogens with one attached hydrogen (secondary N) is 2. The van der Waals surface area contributed by atoms with Gasteiger partial charge in [-0.2, -0.15) is 0 Å². The molecule has 2 aromatic rings. The first kappa shape index (κ1) is 65.0. The van der Waals surface area contributed by atoms with Crippen LogP contribution in [0.4, 0.5) is 0 Å². The number of rotatable bonds is 22. The maximum atomic E-state index is 13.4. The maximum absolute atomic E-state index is 13.4. The molecule has 4 N–H and O–H groups in total. The van der Waals surface area contributed by atoms with Gasteiger partial charge in [-0.05, 0) is 82.2 Å². The standard InChI is InChI=1S/2C27H47NO5SSi/c2*1-18(2)35(19(3)4,20(5)6)33-24(17-14-22(8)25(29)27(9,10)11)26(30)28-34(31,32)23-15-12-21(7)13-16-23/h2*12-20,22,24-25,29H,1-11H3,(H,28,30)/b2*17-14-/t2*22-,24+,25-/m11/s1. The van der Waals surface area contributed by atoms with Crippen molar-refractivity contribution < 1.29 is 45.5 Å². The Labute approximate surface area is 427 Å². The van der Waals surface area contributed by atoms with Crippen molar-refractivity contribution in [3.8, 4) is 0 Å². The van der Waals surface area contributed by atoms with Gasteiger partial charge in [-0.15, -0.1) is 0 Å². The van der Waals surface area contributed by atoms with E-state index in [4.69, 9.17) is 8.85 Å². The summed E-state index contributed by atoms with van der Waals surface area (Å²) in [5, 5.41) is 21.4. The van der Waals surface area contributed by atoms with Crippen molar-refractivity contribution in [3.63, 3.8) is 0 Å². The quantitative estimate of drug-likeness (QED) is 0.0653. The number of benzene rings is 2. The molecule has 0 radical (unpaired) electrons. The molecular weight excluding hydrogens is 957 g/mol. The van der Waals surface area contributed by atoms with E-state index in [1.807, 2.05) is 69.2 Å². The lowest BCUT2D eigenvalue weighted by molar-refractivity contribution is -0.125. The van der Waals surface area contributed by atoms with E-state index in [0.29, 0.717) is 0 Å². The molecule has 0 unspecified atom stereocenters. The van der Waals surface area contributed by atoms with Crippen LogP contribution in [-0.2, 0) is 38.5 Å². The van der Waals surface area contributed by atoms with Crippen molar-refractivity contribution in [1.82, 2.24) is 9.44 Å². The second-order valence-corrected chi connectivity index (χ2v) is 37.6. The second-order valence-electron chi connectivity index (χ2n) is 23.4. The van der Waals surface area contributed by atoms with Crippen molar-refractivity contribution in [2.45, 2.75) is 220 Å². The summed E-state index contributed by atoms with van der Waals surface area (Å²) < 4.78 is 69.7. The number of carbonyl (C=O) groups is 2. The summed E-state index contributed by atoms with van der Waals surface area (Å²) in [6, 6.07) is 12.7. The fourth-order valence-electron chi connectivity index (χ4n) is 9.89. The van der Waals surface area contributed by atoms with Gasteiger partial charge in [-0.25, -0.2) is 26.3 Å². The van der Waals surface area contributed by atoms with Crippen LogP contribution in [0.3, 0.4) is 0 Å². The van der Waals surface area contributed by atoms with Crippen LogP contribution in [0, 0.1) is 36.5 Å². The molecule has 0 spiro atoms. The lowest BCUT2D eigenvalue weighted by Crippen LogP contribution is -2.53. The largest absolute Gasteiger partial charge is 0.401 e. The fourth-order valence-corrected chi connectivity index (χ4v) is 22.8. The van der Waals surface area contributed by atoms with Crippen LogP contribution >= 0.6 is 0 Å². The average molecular weight is 1050 g/mol. The Kier molecular flexibility index (Phi) is 24.4. The van der Waals surface area contributed by atoms with Crippen LogP contribution in [0.25, 0.3) is 0 Å². The molecule has 0 saturated carbocycles. The smallest absolute Gasteiger partial charge is 0.265 e. The zero-order valence-electron chi connectivity index (χ0n) is 46.8. The number of hydrogen-bond acceptors (Lipinski definition) is 10. The third-order valence-corrected chi connectivity index (χ3v) is 28.6. The Hall–Kier alpha value is -2.97. The third-order valence-electron chi connectivity index (χ3n) is 13.7. The van der Waals surface area contributed by atoms with Gasteiger partial charge in [-0.1, -0.05) is 198 Å². The monoisotopic (exact) mass is 1050 g/mol. The van der Waals surface area contributed by atoms with Gasteiger partial charge >= 0.3 is 0 Å². The molecule has 0 aromatic heterocycles. The molecule has 0 aliphatic heterocycles. The van der Waals surface area contributed by atoms with Crippen LogP contribution in [0.5, 0.6) is 0 Å². The van der Waals surface area contributed by atoms with Crippen LogP contribution in [0.1, 0.15) is 150 Å². The SMILES string of the molecule is Cc1ccc(S(=O)(=O)NC(=O)[C@H](/C=C\[C@@H](C)[C@@H](O)C(C)(C)C)O[Si](C(C)C)(C(C)C)C(C)C)cc1.Cc1ccc(S(=O)(=O)NC(=O)[C@H](/C=C\[C@@H](C)[C@@H](O)C(C)(C)C)O[Si](C(C)C)(C(C)C)C(C)C)cc1. The molecule has 2 amide bonds. The summed E-state index contributed by atoms with van der Waals surface area (Å²) in [5.41, 5.74) is 2.40. The summed E-state index contributed by atoms with van der Waals surface area (Å²) in [7, 11) is -13.2. The molecular formula is C54H94N2O10S2Si2. The van der Waals surface area contributed by atoms with E-state index in [2.05, 4.69) is 92.5 Å². The number of aliphatic hydroxyl groups excluding tert-OH is 2. The molecule has 0 heterocycles. The Morgan fingerprint density at radius 3 is 0.900 bits per heavy atom. The highest BCUT2D eigenvalue weighted by Gasteiger charge is 2.49. The van der Waals surface area contributed by atoms with E-state index >= 15 is 0 Å². The normalized spacial score (nSPS) is 16.2. The molecule has 12 nitrogen and oxygen atoms in total. The van der Waals surface area contributed by atoms with E-state index in [0.717, 1.165) is 11.1 Å². The highest BCUT2D eigenvalue weighted by atomic mass is 32.2. The fraction of sp³-hybridized carbons (Fsp3) is 0.667. The van der Waals surface area contributed by atoms with Gasteiger partial charge in [0.2, 0.25) is 16.6 Å². The van der Waals surface area contributed by atoms with E-state index < -0.39 is 72.9 Å². The van der Waals surface area contributed by atoms with E-state index in [9.17, 15) is 36.6 Å². The predicted octanol–water partition coefficient (Wildman–Crippen LogP) is 11.9. The highest BCUT2D eigenvalue weighted by molar-refractivity contribution is 7.90. The predicted molar refractivity (Wildman–Crippen MR) is 292 cm³/mol. The topological polar surface area (TPSA) is 185 Å². The van der Waals surface area contributed by atoms with Gasteiger partial charge < -0.3 is 19.1 Å². The minimum absolute atomic E-state index is 0.0239. The number of sulfonamides is 2. The Morgan fingerprint density at radius 1 is 0.471 bits per heavy atom. The second kappa shape index (κ2) is 26.3. The Morgan fingerprint density at radius 2 is 0.700 bits per heavy atom. The minimum Gasteiger partial charge on any atom is -0.401 e. The molecule has 16 heteroatoms. The molecule has 2 rings (SSSR count). The van der Waals surface area contributed by atoms with Crippen LogP contribution in [0.2, 0.25) is 33.2 Å². The molecule has 0 aliphatic rings. The van der Waals surface area contributed by atoms with Gasteiger partial charge in [0.05, 0.1) is 22.0 Å². The number of carbonyl (C=O) groups excluding carboxylic acids is 2. The molecule has 0 fully saturated rings. The summed E-state index contributed by atoms with van der Waals surface area (Å²) in [6.07, 6.45) is 3.30. The van der Waals surface area contributed by atoms with E-state index in [1.165, 1.54) is 24.3 Å². The number of aliphatic hydroxyl groups is 2. The van der Waals surface area contributed by atoms with Crippen molar-refractivity contribution in [3.05, 3.63) is 84.0 Å². The van der Waals surface area contributed by atoms with Gasteiger partial charge in [-0.3, -0.25) is 9.59 Å². The zero-order chi connectivity index (χ0) is 54.7. The Balaban J connectivity index is 0.000000700. The summed E-state index contributed by atoms with van der Waals surface area (Å²) in [6.45, 7) is 44.5. The Bertz CT molecular complexity index is 2040. The molecule has 6 atom stereocenters. The first-order valence-electron chi connectivity index (χ1n) is 25.1. The van der Waals surface area contributed by atoms with Crippen molar-refractivity contribution in [2.24, 2.45) is 22.7 Å². The first-order valence-corrected chi connectivity index (χ1v) is 32.3. The molecule has 400 valence electrons. The van der Waals surface area contributed by atoms with Crippen molar-refractivity contribution >= 4 is 48.5 Å². The number of amides is 2. The van der Waals surface area contributed by atoms with Gasteiger partial charge in [0, 0.05) is 11.8 Å².